The molecular weight excluding hydrogens is 365 g/mol. The maximum Gasteiger partial charge on any atom is 0.573 e. The largest absolute Gasteiger partial charge is 0.573 e. The Labute approximate surface area is 152 Å². The molecule has 0 aromatic heterocycles. The van der Waals surface area contributed by atoms with Gasteiger partial charge >= 0.3 is 6.36 Å². The third-order valence-corrected chi connectivity index (χ3v) is 3.89. The molecule has 2 aromatic rings. The Morgan fingerprint density at radius 1 is 1.07 bits per heavy atom. The number of alkyl halides is 3. The van der Waals surface area contributed by atoms with E-state index in [1.807, 2.05) is 0 Å². The minimum atomic E-state index is -4.78. The van der Waals surface area contributed by atoms with Crippen molar-refractivity contribution in [2.45, 2.75) is 18.8 Å². The lowest BCUT2D eigenvalue weighted by atomic mass is 10.2. The Bertz CT molecular complexity index is 852. The normalized spacial score (nSPS) is 17.2. The number of imide groups is 1. The molecule has 1 atom stereocenters. The number of nitrogens with one attached hydrogen (secondary N) is 1. The fraction of sp³-hybridized carbons (Fsp3) is 0.222. The van der Waals surface area contributed by atoms with Crippen LogP contribution in [0.15, 0.2) is 48.5 Å². The molecule has 2 amide bonds. The van der Waals surface area contributed by atoms with E-state index in [2.05, 4.69) is 10.1 Å². The van der Waals surface area contributed by atoms with Gasteiger partial charge in [0.25, 0.3) is 5.91 Å². The summed E-state index contributed by atoms with van der Waals surface area (Å²) >= 11 is 0. The van der Waals surface area contributed by atoms with E-state index in [0.717, 1.165) is 17.0 Å². The number of amides is 2. The summed E-state index contributed by atoms with van der Waals surface area (Å²) in [6, 6.07) is 10.6. The second-order valence-electron chi connectivity index (χ2n) is 5.74. The van der Waals surface area contributed by atoms with Crippen LogP contribution in [0.4, 0.5) is 24.5 Å². The van der Waals surface area contributed by atoms with Gasteiger partial charge in [0.05, 0.1) is 19.2 Å². The highest BCUT2D eigenvalue weighted by Gasteiger charge is 2.39. The maximum atomic E-state index is 12.6. The van der Waals surface area contributed by atoms with Gasteiger partial charge in [0.2, 0.25) is 5.91 Å². The van der Waals surface area contributed by atoms with Gasteiger partial charge < -0.3 is 14.8 Å². The SMILES string of the molecule is COc1cccc(N2C(=O)C[C@H](Nc3ccc(OC(F)(F)F)cc3)C2=O)c1. The van der Waals surface area contributed by atoms with Crippen molar-refractivity contribution in [3.05, 3.63) is 48.5 Å². The summed E-state index contributed by atoms with van der Waals surface area (Å²) in [6.45, 7) is 0. The molecule has 0 radical (unpaired) electrons. The molecule has 0 saturated carbocycles. The summed E-state index contributed by atoms with van der Waals surface area (Å²) in [4.78, 5) is 25.9. The van der Waals surface area contributed by atoms with E-state index in [1.54, 1.807) is 24.3 Å². The zero-order valence-electron chi connectivity index (χ0n) is 14.1. The molecule has 1 aliphatic rings. The van der Waals surface area contributed by atoms with Crippen molar-refractivity contribution in [1.29, 1.82) is 0 Å². The molecule has 1 aliphatic heterocycles. The van der Waals surface area contributed by atoms with Gasteiger partial charge in [-0.3, -0.25) is 9.59 Å². The summed E-state index contributed by atoms with van der Waals surface area (Å²) in [5.41, 5.74) is 0.783. The smallest absolute Gasteiger partial charge is 0.497 e. The lowest BCUT2D eigenvalue weighted by Gasteiger charge is -2.17. The van der Waals surface area contributed by atoms with Crippen molar-refractivity contribution >= 4 is 23.2 Å². The van der Waals surface area contributed by atoms with Crippen molar-refractivity contribution < 1.29 is 32.2 Å². The van der Waals surface area contributed by atoms with Gasteiger partial charge in [-0.15, -0.1) is 13.2 Å². The minimum Gasteiger partial charge on any atom is -0.497 e. The number of halogens is 3. The molecular formula is C18H15F3N2O4. The molecule has 2 aromatic carbocycles. The third-order valence-electron chi connectivity index (χ3n) is 3.89. The van der Waals surface area contributed by atoms with Crippen LogP contribution in [0.2, 0.25) is 0 Å². The molecule has 0 unspecified atom stereocenters. The number of carbonyl (C=O) groups excluding carboxylic acids is 2. The number of anilines is 2. The lowest BCUT2D eigenvalue weighted by Crippen LogP contribution is -2.34. The molecule has 1 N–H and O–H groups in total. The Balaban J connectivity index is 1.71. The second-order valence-corrected chi connectivity index (χ2v) is 5.74. The first-order valence-electron chi connectivity index (χ1n) is 7.90. The third kappa shape index (κ3) is 4.30. The number of benzene rings is 2. The van der Waals surface area contributed by atoms with E-state index in [-0.39, 0.29) is 18.1 Å². The minimum absolute atomic E-state index is 0.0726. The molecule has 1 heterocycles. The molecule has 0 spiro atoms. The quantitative estimate of drug-likeness (QED) is 0.806. The fourth-order valence-corrected chi connectivity index (χ4v) is 2.72. The zero-order valence-corrected chi connectivity index (χ0v) is 14.1. The predicted molar refractivity (Wildman–Crippen MR) is 90.6 cm³/mol. The Hall–Kier alpha value is -3.23. The molecule has 1 saturated heterocycles. The van der Waals surface area contributed by atoms with Crippen molar-refractivity contribution in [2.75, 3.05) is 17.3 Å². The zero-order chi connectivity index (χ0) is 19.6. The lowest BCUT2D eigenvalue weighted by molar-refractivity contribution is -0.274. The van der Waals surface area contributed by atoms with Crippen LogP contribution >= 0.6 is 0 Å². The molecule has 0 aliphatic carbocycles. The monoisotopic (exact) mass is 380 g/mol. The van der Waals surface area contributed by atoms with E-state index in [9.17, 15) is 22.8 Å². The number of hydrogen-bond acceptors (Lipinski definition) is 5. The number of nitrogens with zero attached hydrogens (tertiary/aromatic N) is 1. The first-order chi connectivity index (χ1) is 12.8. The number of carbonyl (C=O) groups is 2. The summed E-state index contributed by atoms with van der Waals surface area (Å²) in [6.07, 6.45) is -4.85. The summed E-state index contributed by atoms with van der Waals surface area (Å²) in [5.74, 6) is -0.712. The van der Waals surface area contributed by atoms with Gasteiger partial charge in [0.1, 0.15) is 17.5 Å². The van der Waals surface area contributed by atoms with Gasteiger partial charge in [-0.05, 0) is 36.4 Å². The van der Waals surface area contributed by atoms with Crippen LogP contribution in [-0.2, 0) is 9.59 Å². The predicted octanol–water partition coefficient (Wildman–Crippen LogP) is 3.34. The van der Waals surface area contributed by atoms with Crippen LogP contribution in [0.3, 0.4) is 0 Å². The fourth-order valence-electron chi connectivity index (χ4n) is 2.72. The van der Waals surface area contributed by atoms with E-state index < -0.39 is 18.3 Å². The summed E-state index contributed by atoms with van der Waals surface area (Å²) in [7, 11) is 1.48. The van der Waals surface area contributed by atoms with Crippen LogP contribution < -0.4 is 19.7 Å². The molecule has 3 rings (SSSR count). The van der Waals surface area contributed by atoms with E-state index in [1.165, 1.54) is 19.2 Å². The van der Waals surface area contributed by atoms with Gasteiger partial charge in [-0.1, -0.05) is 6.07 Å². The highest BCUT2D eigenvalue weighted by Crippen LogP contribution is 2.29. The van der Waals surface area contributed by atoms with Gasteiger partial charge in [-0.25, -0.2) is 4.90 Å². The average molecular weight is 380 g/mol. The molecule has 6 nitrogen and oxygen atoms in total. The molecule has 27 heavy (non-hydrogen) atoms. The van der Waals surface area contributed by atoms with E-state index in [0.29, 0.717) is 17.1 Å². The first kappa shape index (κ1) is 18.6. The molecule has 9 heteroatoms. The summed E-state index contributed by atoms with van der Waals surface area (Å²) < 4.78 is 45.5. The van der Waals surface area contributed by atoms with Crippen molar-refractivity contribution in [1.82, 2.24) is 0 Å². The second kappa shape index (κ2) is 7.18. The van der Waals surface area contributed by atoms with Crippen molar-refractivity contribution in [2.24, 2.45) is 0 Å². The van der Waals surface area contributed by atoms with Gasteiger partial charge in [0, 0.05) is 11.8 Å². The topological polar surface area (TPSA) is 67.9 Å². The van der Waals surface area contributed by atoms with Crippen LogP contribution in [0.25, 0.3) is 0 Å². The number of methoxy groups -OCH3 is 1. The van der Waals surface area contributed by atoms with Crippen molar-refractivity contribution in [3.63, 3.8) is 0 Å². The molecule has 1 fully saturated rings. The van der Waals surface area contributed by atoms with Crippen LogP contribution in [0.5, 0.6) is 11.5 Å². The van der Waals surface area contributed by atoms with E-state index in [4.69, 9.17) is 4.74 Å². The molecule has 0 bridgehead atoms. The standard InChI is InChI=1S/C18H15F3N2O4/c1-26-14-4-2-3-12(9-14)23-16(24)10-15(17(23)25)22-11-5-7-13(8-6-11)27-18(19,20)21/h2-9,15,22H,10H2,1H3/t15-/m0/s1. The Morgan fingerprint density at radius 2 is 1.78 bits per heavy atom. The maximum absolute atomic E-state index is 12.6. The number of hydrogen-bond donors (Lipinski definition) is 1. The van der Waals surface area contributed by atoms with Crippen molar-refractivity contribution in [3.8, 4) is 11.5 Å². The van der Waals surface area contributed by atoms with Gasteiger partial charge in [-0.2, -0.15) is 0 Å². The summed E-state index contributed by atoms with van der Waals surface area (Å²) in [5, 5.41) is 2.86. The Kier molecular flexibility index (Phi) is 4.93. The Morgan fingerprint density at radius 3 is 2.41 bits per heavy atom. The van der Waals surface area contributed by atoms with E-state index >= 15 is 0 Å². The first-order valence-corrected chi connectivity index (χ1v) is 7.90. The highest BCUT2D eigenvalue weighted by molar-refractivity contribution is 6.23. The van der Waals surface area contributed by atoms with Gasteiger partial charge in [0.15, 0.2) is 0 Å². The molecule has 142 valence electrons. The van der Waals surface area contributed by atoms with Crippen LogP contribution in [-0.4, -0.2) is 31.3 Å². The van der Waals surface area contributed by atoms with Crippen LogP contribution in [0, 0.1) is 0 Å². The van der Waals surface area contributed by atoms with Crippen LogP contribution in [0.1, 0.15) is 6.42 Å². The average Bonchev–Trinajstić information content (AvgIpc) is 2.89. The number of rotatable bonds is 5. The highest BCUT2D eigenvalue weighted by atomic mass is 19.4. The number of ether oxygens (including phenoxy) is 2.